The minimum atomic E-state index is -1.03. The number of carboxylic acids is 1. The highest BCUT2D eigenvalue weighted by molar-refractivity contribution is 9.10. The van der Waals surface area contributed by atoms with E-state index < -0.39 is 11.5 Å². The fourth-order valence-corrected chi connectivity index (χ4v) is 1.73. The van der Waals surface area contributed by atoms with E-state index in [4.69, 9.17) is 5.11 Å². The molecule has 0 atom stereocenters. The number of hydrogen-bond donors (Lipinski definition) is 2. The lowest BCUT2D eigenvalue weighted by Crippen LogP contribution is -2.48. The topological polar surface area (TPSA) is 73.4 Å². The molecule has 0 aliphatic heterocycles. The smallest absolute Gasteiger partial charge is 0.323 e. The largest absolute Gasteiger partial charge is 0.480 e. The molecule has 5 nitrogen and oxygen atoms in total. The van der Waals surface area contributed by atoms with E-state index in [2.05, 4.69) is 20.9 Å². The van der Waals surface area contributed by atoms with Gasteiger partial charge in [0.2, 0.25) is 0 Å². The number of aliphatic carboxylic acids is 1. The van der Waals surface area contributed by atoms with Crippen LogP contribution in [0, 0.1) is 0 Å². The Labute approximate surface area is 108 Å². The van der Waals surface area contributed by atoms with Gasteiger partial charge in [0.05, 0.1) is 0 Å². The van der Waals surface area contributed by atoms with Gasteiger partial charge in [0.15, 0.2) is 0 Å². The molecule has 0 saturated carbocycles. The van der Waals surface area contributed by atoms with Crippen LogP contribution < -0.4 is 0 Å². The number of carbonyl (C=O) groups excluding carboxylic acids is 1. The van der Waals surface area contributed by atoms with Crippen LogP contribution in [-0.2, 0) is 4.79 Å². The summed E-state index contributed by atoms with van der Waals surface area (Å²) in [6.07, 6.45) is 1.63. The van der Waals surface area contributed by atoms with Crippen LogP contribution in [0.2, 0.25) is 0 Å². The van der Waals surface area contributed by atoms with Crippen molar-refractivity contribution < 1.29 is 14.7 Å². The highest BCUT2D eigenvalue weighted by Gasteiger charge is 2.29. The standard InChI is InChI=1S/C11H15BrN2O3/c1-11(2,3)14(6-9(15)16)10(17)8-4-7(12)5-13-8/h4-5,13H,6H2,1-3H3,(H,15,16). The molecule has 0 aliphatic carbocycles. The predicted molar refractivity (Wildman–Crippen MR) is 66.9 cm³/mol. The molecular weight excluding hydrogens is 288 g/mol. The van der Waals surface area contributed by atoms with Gasteiger partial charge in [-0.15, -0.1) is 0 Å². The summed E-state index contributed by atoms with van der Waals surface area (Å²) in [6, 6.07) is 1.63. The van der Waals surface area contributed by atoms with Gasteiger partial charge >= 0.3 is 5.97 Å². The van der Waals surface area contributed by atoms with Crippen LogP contribution in [0.15, 0.2) is 16.7 Å². The number of carboxylic acid groups (broad SMARTS) is 1. The van der Waals surface area contributed by atoms with Crippen molar-refractivity contribution in [3.05, 3.63) is 22.4 Å². The van der Waals surface area contributed by atoms with Gasteiger partial charge in [0.25, 0.3) is 5.91 Å². The lowest BCUT2D eigenvalue weighted by atomic mass is 10.1. The number of nitrogens with one attached hydrogen (secondary N) is 1. The van der Waals surface area contributed by atoms with Crippen LogP contribution >= 0.6 is 15.9 Å². The molecule has 0 aliphatic rings. The van der Waals surface area contributed by atoms with Crippen molar-refractivity contribution in [2.24, 2.45) is 0 Å². The average molecular weight is 303 g/mol. The van der Waals surface area contributed by atoms with Crippen molar-refractivity contribution in [3.63, 3.8) is 0 Å². The summed E-state index contributed by atoms with van der Waals surface area (Å²) in [4.78, 5) is 27.0. The number of nitrogens with zero attached hydrogens (tertiary/aromatic N) is 1. The zero-order valence-corrected chi connectivity index (χ0v) is 11.5. The van der Waals surface area contributed by atoms with Crippen LogP contribution in [0.25, 0.3) is 0 Å². The monoisotopic (exact) mass is 302 g/mol. The van der Waals surface area contributed by atoms with E-state index in [1.54, 1.807) is 33.0 Å². The lowest BCUT2D eigenvalue weighted by molar-refractivity contribution is -0.138. The van der Waals surface area contributed by atoms with Gasteiger partial charge in [-0.2, -0.15) is 0 Å². The molecule has 17 heavy (non-hydrogen) atoms. The molecule has 1 heterocycles. The highest BCUT2D eigenvalue weighted by atomic mass is 79.9. The first kappa shape index (κ1) is 13.8. The van der Waals surface area contributed by atoms with Crippen LogP contribution in [0.5, 0.6) is 0 Å². The first-order valence-electron chi connectivity index (χ1n) is 5.09. The first-order valence-corrected chi connectivity index (χ1v) is 5.89. The Hall–Kier alpha value is -1.30. The molecule has 1 aromatic rings. The molecule has 1 aromatic heterocycles. The van der Waals surface area contributed by atoms with Crippen molar-refractivity contribution in [3.8, 4) is 0 Å². The average Bonchev–Trinajstić information content (AvgIpc) is 2.58. The fourth-order valence-electron chi connectivity index (χ4n) is 1.39. The second-order valence-electron chi connectivity index (χ2n) is 4.69. The van der Waals surface area contributed by atoms with Crippen molar-refractivity contribution in [2.75, 3.05) is 6.54 Å². The number of carbonyl (C=O) groups is 2. The summed E-state index contributed by atoms with van der Waals surface area (Å²) < 4.78 is 0.755. The van der Waals surface area contributed by atoms with E-state index in [1.807, 2.05) is 0 Å². The van der Waals surface area contributed by atoms with E-state index in [0.29, 0.717) is 5.69 Å². The summed E-state index contributed by atoms with van der Waals surface area (Å²) in [7, 11) is 0. The molecule has 1 rings (SSSR count). The van der Waals surface area contributed by atoms with Gasteiger partial charge in [-0.1, -0.05) is 0 Å². The molecule has 1 amide bonds. The second kappa shape index (κ2) is 4.91. The van der Waals surface area contributed by atoms with E-state index in [-0.39, 0.29) is 12.5 Å². The number of hydrogen-bond acceptors (Lipinski definition) is 2. The van der Waals surface area contributed by atoms with Gasteiger partial charge in [0.1, 0.15) is 12.2 Å². The highest BCUT2D eigenvalue weighted by Crippen LogP contribution is 2.18. The molecule has 0 fully saturated rings. The summed E-state index contributed by atoms with van der Waals surface area (Å²) >= 11 is 3.23. The Kier molecular flexibility index (Phi) is 3.98. The summed E-state index contributed by atoms with van der Waals surface area (Å²) in [5.41, 5.74) is -0.180. The van der Waals surface area contributed by atoms with E-state index in [9.17, 15) is 9.59 Å². The predicted octanol–water partition coefficient (Wildman–Crippen LogP) is 2.10. The zero-order valence-electron chi connectivity index (χ0n) is 9.95. The number of amides is 1. The van der Waals surface area contributed by atoms with Gasteiger partial charge in [-0.3, -0.25) is 9.59 Å². The summed E-state index contributed by atoms with van der Waals surface area (Å²) in [6.45, 7) is 5.07. The fraction of sp³-hybridized carbons (Fsp3) is 0.455. The number of aromatic nitrogens is 1. The summed E-state index contributed by atoms with van der Waals surface area (Å²) in [5, 5.41) is 8.83. The molecule has 6 heteroatoms. The minimum Gasteiger partial charge on any atom is -0.480 e. The van der Waals surface area contributed by atoms with E-state index in [0.717, 1.165) is 4.47 Å². The molecular formula is C11H15BrN2O3. The Morgan fingerprint density at radius 2 is 2.06 bits per heavy atom. The molecule has 0 bridgehead atoms. The summed E-state index contributed by atoms with van der Waals surface area (Å²) in [5.74, 6) is -1.36. The number of rotatable bonds is 3. The Bertz CT molecular complexity index is 434. The molecule has 0 spiro atoms. The Morgan fingerprint density at radius 3 is 2.41 bits per heavy atom. The molecule has 0 radical (unpaired) electrons. The lowest BCUT2D eigenvalue weighted by Gasteiger charge is -2.34. The molecule has 94 valence electrons. The van der Waals surface area contributed by atoms with Crippen molar-refractivity contribution in [2.45, 2.75) is 26.3 Å². The van der Waals surface area contributed by atoms with Gasteiger partial charge in [-0.25, -0.2) is 0 Å². The maximum atomic E-state index is 12.2. The van der Waals surface area contributed by atoms with Crippen molar-refractivity contribution >= 4 is 27.8 Å². The second-order valence-corrected chi connectivity index (χ2v) is 5.60. The minimum absolute atomic E-state index is 0.320. The van der Waals surface area contributed by atoms with Gasteiger partial charge in [-0.05, 0) is 42.8 Å². The molecule has 0 aromatic carbocycles. The van der Waals surface area contributed by atoms with Crippen molar-refractivity contribution in [1.82, 2.24) is 9.88 Å². The number of H-pyrrole nitrogens is 1. The van der Waals surface area contributed by atoms with Crippen LogP contribution in [-0.4, -0.2) is 39.0 Å². The van der Waals surface area contributed by atoms with Crippen LogP contribution in [0.3, 0.4) is 0 Å². The molecule has 2 N–H and O–H groups in total. The number of aromatic amines is 1. The normalized spacial score (nSPS) is 11.3. The number of halogens is 1. The SMILES string of the molecule is CC(C)(C)N(CC(=O)O)C(=O)c1cc(Br)c[nH]1. The third-order valence-electron chi connectivity index (χ3n) is 2.23. The third-order valence-corrected chi connectivity index (χ3v) is 2.68. The molecule has 0 unspecified atom stereocenters. The maximum Gasteiger partial charge on any atom is 0.323 e. The quantitative estimate of drug-likeness (QED) is 0.898. The Balaban J connectivity index is 2.99. The zero-order chi connectivity index (χ0) is 13.2. The van der Waals surface area contributed by atoms with Gasteiger partial charge < -0.3 is 15.0 Å². The maximum absolute atomic E-state index is 12.2. The first-order chi connectivity index (χ1) is 7.71. The van der Waals surface area contributed by atoms with E-state index in [1.165, 1.54) is 4.90 Å². The third kappa shape index (κ3) is 3.59. The van der Waals surface area contributed by atoms with Crippen LogP contribution in [0.1, 0.15) is 31.3 Å². The Morgan fingerprint density at radius 1 is 1.47 bits per heavy atom. The van der Waals surface area contributed by atoms with E-state index >= 15 is 0 Å². The molecule has 0 saturated heterocycles. The van der Waals surface area contributed by atoms with Crippen molar-refractivity contribution in [1.29, 1.82) is 0 Å². The van der Waals surface area contributed by atoms with Crippen LogP contribution in [0.4, 0.5) is 0 Å². The van der Waals surface area contributed by atoms with Gasteiger partial charge in [0, 0.05) is 16.2 Å².